The molecule has 0 amide bonds. The van der Waals surface area contributed by atoms with Gasteiger partial charge in [0.25, 0.3) is 0 Å². The molecule has 1 heterocycles. The van der Waals surface area contributed by atoms with Gasteiger partial charge < -0.3 is 40.4 Å². The number of phenols is 2. The topological polar surface area (TPSA) is 227 Å². The summed E-state index contributed by atoms with van der Waals surface area (Å²) in [6, 6.07) is 3.66. The second-order valence-electron chi connectivity index (χ2n) is 11.1. The minimum atomic E-state index is -3.79. The fraction of sp³-hybridized carbons (Fsp3) is 0.464. The molecule has 7 N–H and O–H groups in total. The fourth-order valence-electron chi connectivity index (χ4n) is 5.92. The van der Waals surface area contributed by atoms with E-state index in [2.05, 4.69) is 5.10 Å². The van der Waals surface area contributed by atoms with Gasteiger partial charge in [0.2, 0.25) is 15.8 Å². The Kier molecular flexibility index (Phi) is 9.07. The predicted molar refractivity (Wildman–Crippen MR) is 158 cm³/mol. The van der Waals surface area contributed by atoms with E-state index in [1.807, 2.05) is 4.83 Å². The number of aliphatic hydroxyl groups excluding tert-OH is 1. The summed E-state index contributed by atoms with van der Waals surface area (Å²) in [4.78, 5) is 29.4. The number of carbonyl (C=O) groups is 2. The highest BCUT2D eigenvalue weighted by Gasteiger charge is 2.49. The van der Waals surface area contributed by atoms with Gasteiger partial charge in [0.05, 0.1) is 54.1 Å². The number of ketones is 2. The number of sulfonamides is 1. The van der Waals surface area contributed by atoms with E-state index in [4.69, 9.17) is 19.9 Å². The molecule has 1 aliphatic heterocycles. The van der Waals surface area contributed by atoms with Crippen LogP contribution in [0.2, 0.25) is 0 Å². The molecule has 0 aromatic heterocycles. The number of fused-ring (bicyclic) bond motifs is 3. The lowest BCUT2D eigenvalue weighted by molar-refractivity contribution is -0.245. The minimum absolute atomic E-state index is 0. The van der Waals surface area contributed by atoms with Crippen LogP contribution in [-0.2, 0) is 25.9 Å². The molecule has 0 spiro atoms. The quantitative estimate of drug-likeness (QED) is 0.123. The van der Waals surface area contributed by atoms with E-state index >= 15 is 0 Å². The van der Waals surface area contributed by atoms with Gasteiger partial charge in [-0.25, -0.2) is 13.2 Å². The number of halogens is 1. The van der Waals surface area contributed by atoms with Crippen molar-refractivity contribution >= 4 is 39.7 Å². The van der Waals surface area contributed by atoms with E-state index in [-0.39, 0.29) is 59.0 Å². The van der Waals surface area contributed by atoms with E-state index in [1.165, 1.54) is 32.2 Å². The van der Waals surface area contributed by atoms with Crippen LogP contribution in [-0.4, -0.2) is 89.6 Å². The number of nitrogens with two attached hydrogens (primary N) is 1. The molecule has 1 fully saturated rings. The van der Waals surface area contributed by atoms with Gasteiger partial charge >= 0.3 is 0 Å². The first kappa shape index (κ1) is 33.6. The van der Waals surface area contributed by atoms with Gasteiger partial charge in [0.1, 0.15) is 22.8 Å². The first-order chi connectivity index (χ1) is 20.1. The number of aromatic hydroxyl groups is 2. The Balaban J connectivity index is 0.00000442. The molecule has 1 saturated heterocycles. The van der Waals surface area contributed by atoms with Gasteiger partial charge in [-0.3, -0.25) is 9.59 Å². The van der Waals surface area contributed by atoms with E-state index < -0.39 is 86.9 Å². The van der Waals surface area contributed by atoms with Crippen LogP contribution in [0.4, 0.5) is 0 Å². The molecule has 14 nitrogen and oxygen atoms in total. The maximum absolute atomic E-state index is 13.8. The van der Waals surface area contributed by atoms with E-state index in [0.29, 0.717) is 0 Å². The van der Waals surface area contributed by atoms with Crippen LogP contribution in [0, 0.1) is 0 Å². The lowest BCUT2D eigenvalue weighted by Gasteiger charge is -2.42. The van der Waals surface area contributed by atoms with Gasteiger partial charge in [-0.05, 0) is 19.9 Å². The number of methoxy groups -OCH3 is 1. The number of aliphatic hydroxyl groups is 2. The van der Waals surface area contributed by atoms with Crippen molar-refractivity contribution in [2.75, 3.05) is 13.4 Å². The Morgan fingerprint density at radius 3 is 2.43 bits per heavy atom. The molecular formula is C28H34ClN3O11S. The average Bonchev–Trinajstić information content (AvgIpc) is 2.94. The van der Waals surface area contributed by atoms with Crippen LogP contribution in [0.15, 0.2) is 23.3 Å². The van der Waals surface area contributed by atoms with Gasteiger partial charge in [-0.1, -0.05) is 12.1 Å². The Morgan fingerprint density at radius 1 is 1.16 bits per heavy atom. The summed E-state index contributed by atoms with van der Waals surface area (Å²) in [7, 11) is -2.47. The zero-order valence-electron chi connectivity index (χ0n) is 24.2. The summed E-state index contributed by atoms with van der Waals surface area (Å²) in [5.74, 6) is -2.71. The summed E-state index contributed by atoms with van der Waals surface area (Å²) in [6.45, 7) is 2.95. The first-order valence-corrected chi connectivity index (χ1v) is 15.3. The number of hydrogen-bond acceptors (Lipinski definition) is 13. The summed E-state index contributed by atoms with van der Waals surface area (Å²) in [5.41, 5.74) is 2.79. The zero-order valence-corrected chi connectivity index (χ0v) is 25.9. The Bertz CT molecular complexity index is 1650. The third kappa shape index (κ3) is 5.64. The highest BCUT2D eigenvalue weighted by atomic mass is 35.5. The number of phenolic OH excluding ortho intramolecular Hbond substituents is 2. The maximum Gasteiger partial charge on any atom is 0.244 e. The predicted octanol–water partition coefficient (Wildman–Crippen LogP) is 0.787. The number of rotatable bonds is 6. The summed E-state index contributed by atoms with van der Waals surface area (Å²) in [5, 5.41) is 49.0. The fourth-order valence-corrected chi connectivity index (χ4v) is 6.22. The monoisotopic (exact) mass is 655 g/mol. The van der Waals surface area contributed by atoms with Crippen LogP contribution >= 0.6 is 12.4 Å². The second-order valence-corrected chi connectivity index (χ2v) is 12.9. The van der Waals surface area contributed by atoms with E-state index in [0.717, 1.165) is 6.26 Å². The smallest absolute Gasteiger partial charge is 0.244 e. The molecule has 2 aromatic carbocycles. The minimum Gasteiger partial charge on any atom is -0.507 e. The zero-order chi connectivity index (χ0) is 31.6. The van der Waals surface area contributed by atoms with Gasteiger partial charge in [0.15, 0.2) is 12.1 Å². The van der Waals surface area contributed by atoms with Crippen molar-refractivity contribution in [3.05, 3.63) is 51.6 Å². The molecule has 6 atom stereocenters. The van der Waals surface area contributed by atoms with Crippen molar-refractivity contribution in [2.45, 2.75) is 69.4 Å². The molecule has 4 unspecified atom stereocenters. The van der Waals surface area contributed by atoms with Crippen molar-refractivity contribution in [3.63, 3.8) is 0 Å². The number of hydrazone groups is 1. The van der Waals surface area contributed by atoms with Crippen LogP contribution in [0.25, 0.3) is 0 Å². The van der Waals surface area contributed by atoms with Crippen LogP contribution in [0.5, 0.6) is 17.2 Å². The van der Waals surface area contributed by atoms with Crippen LogP contribution < -0.4 is 15.3 Å². The van der Waals surface area contributed by atoms with Crippen molar-refractivity contribution < 1.29 is 52.6 Å². The van der Waals surface area contributed by atoms with Gasteiger partial charge in [0, 0.05) is 42.0 Å². The molecule has 2 aromatic rings. The Morgan fingerprint density at radius 2 is 1.82 bits per heavy atom. The summed E-state index contributed by atoms with van der Waals surface area (Å²) in [6.07, 6.45) is -3.89. The van der Waals surface area contributed by atoms with Gasteiger partial charge in [-0.2, -0.15) is 5.10 Å². The third-order valence-electron chi connectivity index (χ3n) is 8.20. The number of nitrogens with zero attached hydrogens (tertiary/aromatic N) is 1. The second kappa shape index (κ2) is 11.9. The SMILES string of the molecule is COc1cccc2c1C(=O)c1c(O)c3c(c(O)c1C2=O)C[C@](O)(/C(C)=N/NS(C)(=O)=O)C[C@H]3OC1CC(N)C(O)C(C)O1.Cl. The number of benzene rings is 2. The highest BCUT2D eigenvalue weighted by Crippen LogP contribution is 2.52. The van der Waals surface area contributed by atoms with Crippen LogP contribution in [0.3, 0.4) is 0 Å². The normalized spacial score (nSPS) is 28.3. The van der Waals surface area contributed by atoms with Crippen LogP contribution in [0.1, 0.15) is 75.8 Å². The van der Waals surface area contributed by atoms with Crippen molar-refractivity contribution in [3.8, 4) is 17.2 Å². The number of nitrogens with one attached hydrogen (secondary N) is 1. The molecule has 0 bridgehead atoms. The lowest BCUT2D eigenvalue weighted by atomic mass is 9.72. The number of carbonyl (C=O) groups excluding carboxylic acids is 2. The molecule has 16 heteroatoms. The Hall–Kier alpha value is -3.31. The molecule has 2 aliphatic carbocycles. The van der Waals surface area contributed by atoms with Crippen molar-refractivity contribution in [2.24, 2.45) is 10.8 Å². The largest absolute Gasteiger partial charge is 0.507 e. The molecule has 240 valence electrons. The highest BCUT2D eigenvalue weighted by molar-refractivity contribution is 7.88. The van der Waals surface area contributed by atoms with Crippen molar-refractivity contribution in [1.29, 1.82) is 0 Å². The molecule has 5 rings (SSSR count). The average molecular weight is 656 g/mol. The number of hydrogen-bond donors (Lipinski definition) is 6. The van der Waals surface area contributed by atoms with Crippen molar-refractivity contribution in [1.82, 2.24) is 4.83 Å². The molecular weight excluding hydrogens is 622 g/mol. The van der Waals surface area contributed by atoms with E-state index in [9.17, 15) is 38.4 Å². The molecule has 44 heavy (non-hydrogen) atoms. The third-order valence-corrected chi connectivity index (χ3v) is 8.62. The Labute approximate surface area is 259 Å². The molecule has 3 aliphatic rings. The summed E-state index contributed by atoms with van der Waals surface area (Å²) >= 11 is 0. The standard InChI is InChI=1S/C28H33N3O11S.ClH/c1-11-23(32)15(29)8-18(41-11)42-17-10-28(37,12(2)30-31-43(4,38)39)9-14-20(17)27(36)22-21(25(14)34)24(33)13-6-5-7-16(40-3)19(13)26(22)35;/h5-7,11,15,17-18,23,31-32,34,36-37H,8-10,29H2,1-4H3;1H/b30-12+;/t11?,15?,17-,18?,23?,28-;/m1./s1. The lowest BCUT2D eigenvalue weighted by Crippen LogP contribution is -2.52. The van der Waals surface area contributed by atoms with Gasteiger partial charge in [-0.15, -0.1) is 12.4 Å². The number of ether oxygens (including phenoxy) is 3. The van der Waals surface area contributed by atoms with E-state index in [1.54, 1.807) is 6.92 Å². The molecule has 0 saturated carbocycles. The molecule has 0 radical (unpaired) electrons. The maximum atomic E-state index is 13.8. The first-order valence-electron chi connectivity index (χ1n) is 13.4. The summed E-state index contributed by atoms with van der Waals surface area (Å²) < 4.78 is 40.6.